The number of nitrogens with zero attached hydrogens (tertiary/aromatic N) is 4. The van der Waals surface area contributed by atoms with E-state index in [2.05, 4.69) is 25.8 Å². The molecule has 0 atom stereocenters. The van der Waals surface area contributed by atoms with Crippen molar-refractivity contribution in [1.29, 1.82) is 0 Å². The Morgan fingerprint density at radius 2 is 1.88 bits per heavy atom. The Bertz CT molecular complexity index is 1330. The van der Waals surface area contributed by atoms with E-state index < -0.39 is 5.91 Å². The molecule has 2 aromatic carbocycles. The Kier molecular flexibility index (Phi) is 8.07. The van der Waals surface area contributed by atoms with Crippen LogP contribution in [0, 0.1) is 0 Å². The van der Waals surface area contributed by atoms with Gasteiger partial charge in [0.1, 0.15) is 0 Å². The highest BCUT2D eigenvalue weighted by molar-refractivity contribution is 7.99. The molecule has 0 spiro atoms. The summed E-state index contributed by atoms with van der Waals surface area (Å²) in [5, 5.41) is 17.9. The molecule has 8 nitrogen and oxygen atoms in total. The van der Waals surface area contributed by atoms with Crippen LogP contribution in [-0.4, -0.2) is 37.3 Å². The molecule has 0 aliphatic heterocycles. The molecule has 0 saturated heterocycles. The Labute approximate surface area is 217 Å². The van der Waals surface area contributed by atoms with Gasteiger partial charge in [0.2, 0.25) is 5.91 Å². The third kappa shape index (κ3) is 6.08. The molecule has 13 heteroatoms. The first-order valence-corrected chi connectivity index (χ1v) is 12.7. The first-order valence-electron chi connectivity index (χ1n) is 9.66. The molecule has 4 rings (SSSR count). The average molecular weight is 554 g/mol. The number of rotatable bonds is 8. The summed E-state index contributed by atoms with van der Waals surface area (Å²) < 4.78 is 1.73. The van der Waals surface area contributed by atoms with Crippen LogP contribution in [0.3, 0.4) is 0 Å². The summed E-state index contributed by atoms with van der Waals surface area (Å²) in [5.41, 5.74) is 0.932. The van der Waals surface area contributed by atoms with Crippen molar-refractivity contribution in [3.05, 3.63) is 80.5 Å². The second-order valence-electron chi connectivity index (χ2n) is 6.70. The van der Waals surface area contributed by atoms with Gasteiger partial charge in [0.05, 0.1) is 28.6 Å². The normalized spacial score (nSPS) is 10.8. The van der Waals surface area contributed by atoms with Crippen molar-refractivity contribution in [3.63, 3.8) is 0 Å². The van der Waals surface area contributed by atoms with Crippen LogP contribution in [0.25, 0.3) is 5.69 Å². The zero-order valence-corrected chi connectivity index (χ0v) is 21.1. The van der Waals surface area contributed by atoms with Crippen molar-refractivity contribution < 1.29 is 9.59 Å². The van der Waals surface area contributed by atoms with Crippen molar-refractivity contribution in [3.8, 4) is 5.69 Å². The molecule has 174 valence electrons. The van der Waals surface area contributed by atoms with Crippen molar-refractivity contribution >= 4 is 74.8 Å². The summed E-state index contributed by atoms with van der Waals surface area (Å²) >= 11 is 20.8. The number of carbonyl (C=O) groups excluding carboxylic acids is 2. The average Bonchev–Trinajstić information content (AvgIpc) is 3.47. The number of aromatic nitrogens is 4. The molecule has 0 unspecified atom stereocenters. The molecule has 0 bridgehead atoms. The maximum Gasteiger partial charge on any atom is 0.253 e. The number of thioether (sulfide) groups is 1. The predicted molar refractivity (Wildman–Crippen MR) is 135 cm³/mol. The molecule has 0 aliphatic rings. The molecule has 2 amide bonds. The van der Waals surface area contributed by atoms with E-state index in [9.17, 15) is 9.59 Å². The van der Waals surface area contributed by atoms with E-state index in [0.29, 0.717) is 31.8 Å². The summed E-state index contributed by atoms with van der Waals surface area (Å²) in [4.78, 5) is 29.0. The molecular weight excluding hydrogens is 539 g/mol. The fraction of sp³-hybridized carbons (Fsp3) is 0.0952. The zero-order chi connectivity index (χ0) is 24.1. The minimum atomic E-state index is -0.412. The van der Waals surface area contributed by atoms with Crippen LogP contribution < -0.4 is 10.6 Å². The van der Waals surface area contributed by atoms with Crippen LogP contribution in [-0.2, 0) is 11.3 Å². The van der Waals surface area contributed by atoms with Crippen molar-refractivity contribution in [2.75, 3.05) is 11.1 Å². The summed E-state index contributed by atoms with van der Waals surface area (Å²) in [5.74, 6) is -0.115. The topological polar surface area (TPSA) is 102 Å². The highest BCUT2D eigenvalue weighted by atomic mass is 35.5. The molecule has 2 N–H and O–H groups in total. The monoisotopic (exact) mass is 552 g/mol. The number of benzene rings is 2. The lowest BCUT2D eigenvalue weighted by Crippen LogP contribution is -2.25. The SMILES string of the molecule is O=C(CSc1nnc(CNC(=O)c2cc(Cl)ccc2Cl)n1-c1cccc(Cl)c1)Nc1nccs1. The van der Waals surface area contributed by atoms with Crippen LogP contribution in [0.4, 0.5) is 5.13 Å². The van der Waals surface area contributed by atoms with Crippen LogP contribution in [0.15, 0.2) is 59.2 Å². The number of carbonyl (C=O) groups is 2. The van der Waals surface area contributed by atoms with E-state index in [-0.39, 0.29) is 28.8 Å². The third-order valence-corrected chi connectivity index (χ3v) is 6.78. The smallest absolute Gasteiger partial charge is 0.253 e. The summed E-state index contributed by atoms with van der Waals surface area (Å²) in [6.07, 6.45) is 1.61. The summed E-state index contributed by atoms with van der Waals surface area (Å²) in [6, 6.07) is 11.7. The van der Waals surface area contributed by atoms with Gasteiger partial charge in [-0.1, -0.05) is 52.6 Å². The van der Waals surface area contributed by atoms with Gasteiger partial charge in [-0.3, -0.25) is 14.2 Å². The van der Waals surface area contributed by atoms with Gasteiger partial charge in [-0.15, -0.1) is 21.5 Å². The molecular formula is C21H15Cl3N6O2S2. The lowest BCUT2D eigenvalue weighted by molar-refractivity contribution is -0.113. The Morgan fingerprint density at radius 3 is 2.65 bits per heavy atom. The number of amides is 2. The standard InChI is InChI=1S/C21H15Cl3N6O2S2/c22-12-2-1-3-14(8-12)30-17(10-26-19(32)15-9-13(23)4-5-16(15)24)28-29-21(30)34-11-18(31)27-20-25-6-7-33-20/h1-9H,10-11H2,(H,26,32)(H,25,27,31). The fourth-order valence-electron chi connectivity index (χ4n) is 2.88. The highest BCUT2D eigenvalue weighted by Crippen LogP contribution is 2.25. The van der Waals surface area contributed by atoms with Gasteiger partial charge >= 0.3 is 0 Å². The van der Waals surface area contributed by atoms with Gasteiger partial charge in [0.15, 0.2) is 16.1 Å². The lowest BCUT2D eigenvalue weighted by Gasteiger charge is -2.12. The Morgan fingerprint density at radius 1 is 1.06 bits per heavy atom. The fourth-order valence-corrected chi connectivity index (χ4v) is 4.76. The molecule has 0 aliphatic carbocycles. The lowest BCUT2D eigenvalue weighted by atomic mass is 10.2. The first kappa shape index (κ1) is 24.5. The van der Waals surface area contributed by atoms with E-state index >= 15 is 0 Å². The van der Waals surface area contributed by atoms with E-state index in [1.807, 2.05) is 6.07 Å². The number of hydrogen-bond donors (Lipinski definition) is 2. The van der Waals surface area contributed by atoms with Crippen LogP contribution in [0.1, 0.15) is 16.2 Å². The Balaban J connectivity index is 1.53. The van der Waals surface area contributed by atoms with Gasteiger partial charge in [0, 0.05) is 21.6 Å². The maximum atomic E-state index is 12.7. The number of thiazole rings is 1. The predicted octanol–water partition coefficient (Wildman–Crippen LogP) is 5.34. The minimum Gasteiger partial charge on any atom is -0.345 e. The first-order chi connectivity index (χ1) is 16.4. The van der Waals surface area contributed by atoms with E-state index in [4.69, 9.17) is 34.8 Å². The zero-order valence-electron chi connectivity index (χ0n) is 17.2. The number of nitrogens with one attached hydrogen (secondary N) is 2. The van der Waals surface area contributed by atoms with Crippen LogP contribution in [0.2, 0.25) is 15.1 Å². The maximum absolute atomic E-state index is 12.7. The van der Waals surface area contributed by atoms with Gasteiger partial charge < -0.3 is 10.6 Å². The second-order valence-corrected chi connectivity index (χ2v) is 9.81. The van der Waals surface area contributed by atoms with Gasteiger partial charge in [0.25, 0.3) is 5.91 Å². The molecule has 2 heterocycles. The van der Waals surface area contributed by atoms with E-state index in [1.54, 1.807) is 46.5 Å². The van der Waals surface area contributed by atoms with E-state index in [1.165, 1.54) is 29.2 Å². The molecule has 34 heavy (non-hydrogen) atoms. The minimum absolute atomic E-state index is 0.0487. The third-order valence-electron chi connectivity index (χ3n) is 4.36. The van der Waals surface area contributed by atoms with Crippen molar-refractivity contribution in [1.82, 2.24) is 25.1 Å². The second kappa shape index (κ2) is 11.2. The molecule has 0 radical (unpaired) electrons. The molecule has 0 fully saturated rings. The van der Waals surface area contributed by atoms with Crippen LogP contribution >= 0.6 is 57.9 Å². The molecule has 0 saturated carbocycles. The highest BCUT2D eigenvalue weighted by Gasteiger charge is 2.18. The van der Waals surface area contributed by atoms with Gasteiger partial charge in [-0.2, -0.15) is 0 Å². The van der Waals surface area contributed by atoms with Crippen molar-refractivity contribution in [2.45, 2.75) is 11.7 Å². The summed E-state index contributed by atoms with van der Waals surface area (Å²) in [6.45, 7) is 0.0487. The quantitative estimate of drug-likeness (QED) is 0.285. The molecule has 4 aromatic rings. The number of anilines is 1. The van der Waals surface area contributed by atoms with Gasteiger partial charge in [-0.05, 0) is 36.4 Å². The number of halogens is 3. The van der Waals surface area contributed by atoms with Crippen molar-refractivity contribution in [2.24, 2.45) is 0 Å². The van der Waals surface area contributed by atoms with Gasteiger partial charge in [-0.25, -0.2) is 4.98 Å². The summed E-state index contributed by atoms with van der Waals surface area (Å²) in [7, 11) is 0. The Hall–Kier alpha value is -2.63. The largest absolute Gasteiger partial charge is 0.345 e. The van der Waals surface area contributed by atoms with E-state index in [0.717, 1.165) is 0 Å². The number of hydrogen-bond acceptors (Lipinski definition) is 7. The van der Waals surface area contributed by atoms with Crippen LogP contribution in [0.5, 0.6) is 0 Å². The molecule has 2 aromatic heterocycles.